The van der Waals surface area contributed by atoms with Crippen LogP contribution in [0.4, 0.5) is 5.69 Å². The largest absolute Gasteiger partial charge is 0.481 e. The Morgan fingerprint density at radius 3 is 2.32 bits per heavy atom. The fraction of sp³-hybridized carbons (Fsp3) is 0.176. The Kier molecular flexibility index (Phi) is 5.67. The number of benzene rings is 2. The van der Waals surface area contributed by atoms with E-state index >= 15 is 0 Å². The van der Waals surface area contributed by atoms with Gasteiger partial charge in [0.1, 0.15) is 5.75 Å². The molecule has 2 rings (SSSR count). The summed E-state index contributed by atoms with van der Waals surface area (Å²) in [6.07, 6.45) is -0.904. The van der Waals surface area contributed by atoms with Gasteiger partial charge in [0.25, 0.3) is 17.5 Å². The monoisotopic (exact) mass is 343 g/mol. The van der Waals surface area contributed by atoms with Crippen LogP contribution in [0.5, 0.6) is 5.75 Å². The van der Waals surface area contributed by atoms with E-state index in [-0.39, 0.29) is 5.69 Å². The lowest BCUT2D eigenvalue weighted by molar-refractivity contribution is -0.384. The summed E-state index contributed by atoms with van der Waals surface area (Å²) in [7, 11) is 0. The molecule has 2 aromatic carbocycles. The van der Waals surface area contributed by atoms with Gasteiger partial charge in [0.05, 0.1) is 4.92 Å². The highest BCUT2D eigenvalue weighted by atomic mass is 16.6. The summed E-state index contributed by atoms with van der Waals surface area (Å²) in [6.45, 7) is 3.29. The van der Waals surface area contributed by atoms with Crippen LogP contribution in [0.2, 0.25) is 0 Å². The van der Waals surface area contributed by atoms with E-state index in [0.717, 1.165) is 5.56 Å². The molecular weight excluding hydrogens is 326 g/mol. The van der Waals surface area contributed by atoms with Gasteiger partial charge in [-0.2, -0.15) is 0 Å². The molecule has 8 nitrogen and oxygen atoms in total. The van der Waals surface area contributed by atoms with E-state index < -0.39 is 22.8 Å². The van der Waals surface area contributed by atoms with Crippen molar-refractivity contribution in [3.8, 4) is 5.75 Å². The van der Waals surface area contributed by atoms with Crippen LogP contribution in [0.1, 0.15) is 22.8 Å². The Morgan fingerprint density at radius 2 is 1.72 bits per heavy atom. The first kappa shape index (κ1) is 17.9. The van der Waals surface area contributed by atoms with Crippen LogP contribution in [0.15, 0.2) is 48.5 Å². The number of nitrogens with one attached hydrogen (secondary N) is 2. The number of hydrogen-bond acceptors (Lipinski definition) is 5. The van der Waals surface area contributed by atoms with Crippen molar-refractivity contribution in [1.29, 1.82) is 0 Å². The van der Waals surface area contributed by atoms with Crippen LogP contribution in [0, 0.1) is 17.0 Å². The third-order valence-corrected chi connectivity index (χ3v) is 3.42. The number of aryl methyl sites for hydroxylation is 1. The summed E-state index contributed by atoms with van der Waals surface area (Å²) in [6, 6.07) is 12.3. The average Bonchev–Trinajstić information content (AvgIpc) is 2.60. The molecule has 2 aromatic rings. The Balaban J connectivity index is 1.89. The predicted octanol–water partition coefficient (Wildman–Crippen LogP) is 2.13. The molecule has 0 radical (unpaired) electrons. The normalized spacial score (nSPS) is 11.3. The van der Waals surface area contributed by atoms with E-state index in [4.69, 9.17) is 4.74 Å². The number of carbonyl (C=O) groups is 2. The summed E-state index contributed by atoms with van der Waals surface area (Å²) in [5, 5.41) is 10.6. The maximum absolute atomic E-state index is 12.0. The molecule has 0 aliphatic heterocycles. The fourth-order valence-electron chi connectivity index (χ4n) is 2.02. The van der Waals surface area contributed by atoms with Gasteiger partial charge >= 0.3 is 0 Å². The van der Waals surface area contributed by atoms with Gasteiger partial charge in [-0.3, -0.25) is 30.6 Å². The van der Waals surface area contributed by atoms with E-state index in [1.807, 2.05) is 6.07 Å². The number of hydrogen-bond donors (Lipinski definition) is 2. The van der Waals surface area contributed by atoms with E-state index in [1.165, 1.54) is 31.2 Å². The summed E-state index contributed by atoms with van der Waals surface area (Å²) in [5.74, 6) is -0.687. The zero-order chi connectivity index (χ0) is 18.4. The summed E-state index contributed by atoms with van der Waals surface area (Å²) in [4.78, 5) is 34.1. The Hall–Kier alpha value is -3.42. The molecular formula is C17H17N3O5. The van der Waals surface area contributed by atoms with Gasteiger partial charge < -0.3 is 4.74 Å². The third-order valence-electron chi connectivity index (χ3n) is 3.42. The van der Waals surface area contributed by atoms with Crippen molar-refractivity contribution in [3.63, 3.8) is 0 Å². The molecule has 25 heavy (non-hydrogen) atoms. The van der Waals surface area contributed by atoms with Crippen LogP contribution in [0.3, 0.4) is 0 Å². The fourth-order valence-corrected chi connectivity index (χ4v) is 2.02. The first-order valence-corrected chi connectivity index (χ1v) is 7.45. The number of non-ortho nitro benzene ring substituents is 1. The van der Waals surface area contributed by atoms with Crippen molar-refractivity contribution in [3.05, 3.63) is 69.8 Å². The van der Waals surface area contributed by atoms with Gasteiger partial charge in [0, 0.05) is 17.7 Å². The third kappa shape index (κ3) is 4.77. The summed E-state index contributed by atoms with van der Waals surface area (Å²) in [5.41, 5.74) is 5.77. The minimum Gasteiger partial charge on any atom is -0.481 e. The zero-order valence-electron chi connectivity index (χ0n) is 13.7. The van der Waals surface area contributed by atoms with Crippen molar-refractivity contribution in [1.82, 2.24) is 10.9 Å². The highest BCUT2D eigenvalue weighted by molar-refractivity contribution is 5.96. The molecule has 1 unspecified atom stereocenters. The molecule has 0 fully saturated rings. The van der Waals surface area contributed by atoms with Crippen LogP contribution >= 0.6 is 0 Å². The lowest BCUT2D eigenvalue weighted by Crippen LogP contribution is -2.47. The summed E-state index contributed by atoms with van der Waals surface area (Å²) < 4.78 is 5.39. The van der Waals surface area contributed by atoms with Crippen LogP contribution in [0.25, 0.3) is 0 Å². The van der Waals surface area contributed by atoms with E-state index in [9.17, 15) is 19.7 Å². The Labute approximate surface area is 143 Å². The Bertz CT molecular complexity index is 789. The molecule has 0 aromatic heterocycles. The molecule has 2 N–H and O–H groups in total. The molecule has 0 spiro atoms. The molecule has 0 aliphatic carbocycles. The number of carbonyl (C=O) groups excluding carboxylic acids is 2. The van der Waals surface area contributed by atoms with Gasteiger partial charge in [0.15, 0.2) is 6.10 Å². The topological polar surface area (TPSA) is 111 Å². The number of nitro benzene ring substituents is 1. The van der Waals surface area contributed by atoms with E-state index in [2.05, 4.69) is 10.9 Å². The zero-order valence-corrected chi connectivity index (χ0v) is 13.7. The average molecular weight is 343 g/mol. The molecule has 130 valence electrons. The first-order valence-electron chi connectivity index (χ1n) is 7.45. The molecule has 8 heteroatoms. The SMILES string of the molecule is Cc1ccccc1C(=O)NNC(=O)C(C)Oc1ccc([N+](=O)[O-])cc1. The van der Waals surface area contributed by atoms with Gasteiger partial charge in [-0.1, -0.05) is 18.2 Å². The van der Waals surface area contributed by atoms with Crippen molar-refractivity contribution >= 4 is 17.5 Å². The van der Waals surface area contributed by atoms with Crippen LogP contribution in [-0.4, -0.2) is 22.8 Å². The number of hydrazine groups is 1. The second-order valence-electron chi connectivity index (χ2n) is 5.27. The lowest BCUT2D eigenvalue weighted by atomic mass is 10.1. The molecule has 2 amide bonds. The number of rotatable bonds is 5. The maximum atomic E-state index is 12.0. The molecule has 0 aliphatic rings. The van der Waals surface area contributed by atoms with Crippen molar-refractivity contribution < 1.29 is 19.2 Å². The molecule has 0 saturated heterocycles. The minimum atomic E-state index is -0.904. The molecule has 1 atom stereocenters. The minimum absolute atomic E-state index is 0.0741. The van der Waals surface area contributed by atoms with Crippen molar-refractivity contribution in [2.75, 3.05) is 0 Å². The quantitative estimate of drug-likeness (QED) is 0.638. The van der Waals surface area contributed by atoms with Crippen molar-refractivity contribution in [2.45, 2.75) is 20.0 Å². The highest BCUT2D eigenvalue weighted by Crippen LogP contribution is 2.18. The van der Waals surface area contributed by atoms with Crippen LogP contribution < -0.4 is 15.6 Å². The number of nitrogens with zero attached hydrogens (tertiary/aromatic N) is 1. The Morgan fingerprint density at radius 1 is 1.08 bits per heavy atom. The number of ether oxygens (including phenoxy) is 1. The predicted molar refractivity (Wildman–Crippen MR) is 90.0 cm³/mol. The number of nitro groups is 1. The first-order chi connectivity index (χ1) is 11.9. The number of amides is 2. The smallest absolute Gasteiger partial charge is 0.279 e. The van der Waals surface area contributed by atoms with E-state index in [1.54, 1.807) is 25.1 Å². The lowest BCUT2D eigenvalue weighted by Gasteiger charge is -2.15. The van der Waals surface area contributed by atoms with Crippen LogP contribution in [-0.2, 0) is 4.79 Å². The van der Waals surface area contributed by atoms with Gasteiger partial charge in [-0.25, -0.2) is 0 Å². The second-order valence-corrected chi connectivity index (χ2v) is 5.27. The van der Waals surface area contributed by atoms with Gasteiger partial charge in [0.2, 0.25) is 0 Å². The molecule has 0 saturated carbocycles. The second kappa shape index (κ2) is 7.91. The van der Waals surface area contributed by atoms with E-state index in [0.29, 0.717) is 11.3 Å². The van der Waals surface area contributed by atoms with Gasteiger partial charge in [-0.05, 0) is 37.6 Å². The van der Waals surface area contributed by atoms with Gasteiger partial charge in [-0.15, -0.1) is 0 Å². The van der Waals surface area contributed by atoms with Crippen molar-refractivity contribution in [2.24, 2.45) is 0 Å². The maximum Gasteiger partial charge on any atom is 0.279 e. The summed E-state index contributed by atoms with van der Waals surface area (Å²) >= 11 is 0. The highest BCUT2D eigenvalue weighted by Gasteiger charge is 2.17. The molecule has 0 bridgehead atoms. The molecule has 0 heterocycles. The standard InChI is InChI=1S/C17H17N3O5/c1-11-5-3-4-6-15(11)17(22)19-18-16(21)12(2)25-14-9-7-13(8-10-14)20(23)24/h3-10,12H,1-2H3,(H,18,21)(H,19,22).